The number of carbonyl (C=O) groups is 2. The summed E-state index contributed by atoms with van der Waals surface area (Å²) in [5.41, 5.74) is 15.6. The average Bonchev–Trinajstić information content (AvgIpc) is 3.12. The molecule has 1 atom stereocenters. The second-order valence-electron chi connectivity index (χ2n) is 7.75. The fraction of sp³-hybridized carbons (Fsp3) is 0.292. The van der Waals surface area contributed by atoms with Gasteiger partial charge in [0, 0.05) is 43.9 Å². The Labute approximate surface area is 187 Å². The highest BCUT2D eigenvalue weighted by Crippen LogP contribution is 2.30. The number of nitrogens with two attached hydrogens (primary N) is 2. The smallest absolute Gasteiger partial charge is 0.246 e. The molecule has 168 valence electrons. The quantitative estimate of drug-likeness (QED) is 0.268. The number of rotatable bonds is 9. The van der Waals surface area contributed by atoms with Gasteiger partial charge in [0.25, 0.3) is 0 Å². The molecule has 5 N–H and O–H groups in total. The lowest BCUT2D eigenvalue weighted by Crippen LogP contribution is -2.24. The number of nitrogens with zero attached hydrogens (tertiary/aromatic N) is 2. The van der Waals surface area contributed by atoms with E-state index in [4.69, 9.17) is 15.9 Å². The highest BCUT2D eigenvalue weighted by Gasteiger charge is 2.16. The number of para-hydroxylation sites is 1. The summed E-state index contributed by atoms with van der Waals surface area (Å²) in [6.45, 7) is 2.27. The first-order valence-electron chi connectivity index (χ1n) is 10.4. The van der Waals surface area contributed by atoms with Crippen LogP contribution in [0.2, 0.25) is 0 Å². The molecule has 8 nitrogen and oxygen atoms in total. The predicted octanol–water partition coefficient (Wildman–Crippen LogP) is 2.89. The minimum Gasteiger partial charge on any atom is -0.459 e. The van der Waals surface area contributed by atoms with Crippen molar-refractivity contribution < 1.29 is 14.0 Å². The lowest BCUT2D eigenvalue weighted by molar-refractivity contribution is -0.125. The number of hydrogen-bond acceptors (Lipinski definition) is 7. The summed E-state index contributed by atoms with van der Waals surface area (Å²) < 4.78 is 5.80. The van der Waals surface area contributed by atoms with Crippen LogP contribution >= 0.6 is 0 Å². The van der Waals surface area contributed by atoms with Crippen molar-refractivity contribution in [2.24, 2.45) is 5.73 Å². The number of nitrogen functional groups attached to an aromatic ring is 1. The summed E-state index contributed by atoms with van der Waals surface area (Å²) in [6, 6.07) is 7.04. The number of anilines is 2. The number of fused-ring (bicyclic) bond motifs is 1. The van der Waals surface area contributed by atoms with Crippen molar-refractivity contribution in [3.8, 4) is 0 Å². The van der Waals surface area contributed by atoms with Crippen LogP contribution in [0.4, 0.5) is 11.5 Å². The van der Waals surface area contributed by atoms with Crippen LogP contribution < -0.4 is 16.8 Å². The van der Waals surface area contributed by atoms with E-state index in [1.165, 1.54) is 6.08 Å². The number of hydrogen-bond donors (Lipinski definition) is 3. The number of benzene rings is 1. The first-order chi connectivity index (χ1) is 15.3. The van der Waals surface area contributed by atoms with Crippen molar-refractivity contribution in [2.45, 2.75) is 32.4 Å². The van der Waals surface area contributed by atoms with Crippen molar-refractivity contribution in [1.29, 1.82) is 0 Å². The Morgan fingerprint density at radius 1 is 1.38 bits per heavy atom. The van der Waals surface area contributed by atoms with Crippen LogP contribution in [0.5, 0.6) is 0 Å². The molecule has 2 aromatic heterocycles. The molecule has 2 heterocycles. The Morgan fingerprint density at radius 3 is 2.88 bits per heavy atom. The molecule has 8 heteroatoms. The van der Waals surface area contributed by atoms with Crippen molar-refractivity contribution in [3.05, 3.63) is 59.0 Å². The van der Waals surface area contributed by atoms with Crippen molar-refractivity contribution in [3.63, 3.8) is 0 Å². The Morgan fingerprint density at radius 2 is 2.16 bits per heavy atom. The van der Waals surface area contributed by atoms with E-state index in [0.29, 0.717) is 30.7 Å². The standard InChI is InChI=1S/C24H29N5O3/c1-15-20(19-5-4-6-21(26)23(19)32-15)13-29(3)22(31)10-7-16-11-17(8-9-18(25)14-30)24(27-2)28-12-16/h4-7,10-12,14,18H,8-9,13,25-26H2,1-3H3,(H,27,28)/b10-7+/t18-/m0/s1. The number of aryl methyl sites for hydroxylation is 2. The lowest BCUT2D eigenvalue weighted by atomic mass is 10.0. The van der Waals surface area contributed by atoms with E-state index in [-0.39, 0.29) is 5.91 Å². The number of aromatic nitrogens is 1. The average molecular weight is 436 g/mol. The van der Waals surface area contributed by atoms with Gasteiger partial charge in [-0.2, -0.15) is 0 Å². The number of pyridine rings is 1. The molecule has 0 aliphatic rings. The maximum atomic E-state index is 12.7. The molecule has 3 aromatic rings. The molecule has 0 saturated heterocycles. The molecule has 0 fully saturated rings. The molecular formula is C24H29N5O3. The van der Waals surface area contributed by atoms with Gasteiger partial charge in [-0.25, -0.2) is 4.98 Å². The Balaban J connectivity index is 1.73. The zero-order valence-corrected chi connectivity index (χ0v) is 18.6. The van der Waals surface area contributed by atoms with Gasteiger partial charge in [0.05, 0.1) is 11.7 Å². The molecule has 0 unspecified atom stereocenters. The molecule has 1 amide bonds. The Hall–Kier alpha value is -3.65. The molecule has 0 bridgehead atoms. The summed E-state index contributed by atoms with van der Waals surface area (Å²) in [7, 11) is 3.53. The number of aldehydes is 1. The predicted molar refractivity (Wildman–Crippen MR) is 127 cm³/mol. The molecule has 1 aromatic carbocycles. The third kappa shape index (κ3) is 5.15. The maximum Gasteiger partial charge on any atom is 0.246 e. The summed E-state index contributed by atoms with van der Waals surface area (Å²) in [6.07, 6.45) is 6.81. The van der Waals surface area contributed by atoms with Gasteiger partial charge in [0.1, 0.15) is 17.9 Å². The number of carbonyl (C=O) groups excluding carboxylic acids is 2. The van der Waals surface area contributed by atoms with Crippen molar-refractivity contribution in [2.75, 3.05) is 25.1 Å². The second kappa shape index (κ2) is 10.1. The summed E-state index contributed by atoms with van der Waals surface area (Å²) in [5.74, 6) is 1.32. The van der Waals surface area contributed by atoms with E-state index in [2.05, 4.69) is 10.3 Å². The molecular weight excluding hydrogens is 406 g/mol. The first kappa shape index (κ1) is 23.0. The van der Waals surface area contributed by atoms with Crippen LogP contribution in [-0.2, 0) is 22.6 Å². The number of furan rings is 1. The van der Waals surface area contributed by atoms with Gasteiger partial charge in [0.15, 0.2) is 5.58 Å². The van der Waals surface area contributed by atoms with Crippen LogP contribution in [0.1, 0.15) is 28.9 Å². The minimum atomic E-state index is -0.507. The monoisotopic (exact) mass is 435 g/mol. The molecule has 32 heavy (non-hydrogen) atoms. The number of amides is 1. The molecule has 0 aliphatic carbocycles. The van der Waals surface area contributed by atoms with Gasteiger partial charge in [0.2, 0.25) is 5.91 Å². The Bertz CT molecular complexity index is 1150. The topological polar surface area (TPSA) is 127 Å². The zero-order chi connectivity index (χ0) is 23.3. The van der Waals surface area contributed by atoms with Gasteiger partial charge in [-0.05, 0) is 49.1 Å². The van der Waals surface area contributed by atoms with E-state index in [9.17, 15) is 9.59 Å². The van der Waals surface area contributed by atoms with E-state index in [1.54, 1.807) is 37.3 Å². The zero-order valence-electron chi connectivity index (χ0n) is 18.6. The van der Waals surface area contributed by atoms with Gasteiger partial charge >= 0.3 is 0 Å². The largest absolute Gasteiger partial charge is 0.459 e. The van der Waals surface area contributed by atoms with E-state index < -0.39 is 6.04 Å². The third-order valence-corrected chi connectivity index (χ3v) is 5.39. The second-order valence-corrected chi connectivity index (χ2v) is 7.75. The number of nitrogens with one attached hydrogen (secondary N) is 1. The Kier molecular flexibility index (Phi) is 7.27. The van der Waals surface area contributed by atoms with Crippen molar-refractivity contribution in [1.82, 2.24) is 9.88 Å². The van der Waals surface area contributed by atoms with Gasteiger partial charge in [-0.15, -0.1) is 0 Å². The van der Waals surface area contributed by atoms with Crippen LogP contribution in [0.15, 0.2) is 41.0 Å². The van der Waals surface area contributed by atoms with Crippen molar-refractivity contribution >= 4 is 40.7 Å². The molecule has 0 radical (unpaired) electrons. The summed E-state index contributed by atoms with van der Waals surface area (Å²) in [4.78, 5) is 29.5. The fourth-order valence-electron chi connectivity index (χ4n) is 3.54. The van der Waals surface area contributed by atoms with Gasteiger partial charge < -0.3 is 30.9 Å². The van der Waals surface area contributed by atoms with Gasteiger partial charge in [-0.3, -0.25) is 4.79 Å². The highest BCUT2D eigenvalue weighted by atomic mass is 16.3. The SMILES string of the molecule is CNc1ncc(/C=C/C(=O)N(C)Cc2c(C)oc3c(N)cccc23)cc1CC[C@H](N)C=O. The van der Waals surface area contributed by atoms with Crippen LogP contribution in [0, 0.1) is 6.92 Å². The highest BCUT2D eigenvalue weighted by molar-refractivity contribution is 5.93. The minimum absolute atomic E-state index is 0.148. The normalized spacial score (nSPS) is 12.2. The molecule has 0 saturated carbocycles. The van der Waals surface area contributed by atoms with E-state index in [0.717, 1.165) is 39.9 Å². The number of likely N-dealkylation sites (N-methyl/N-ethyl adjacent to an activating group) is 1. The molecule has 3 rings (SSSR count). The van der Waals surface area contributed by atoms with Crippen LogP contribution in [0.25, 0.3) is 17.0 Å². The molecule has 0 spiro atoms. The van der Waals surface area contributed by atoms with E-state index in [1.807, 2.05) is 25.1 Å². The van der Waals surface area contributed by atoms with Gasteiger partial charge in [-0.1, -0.05) is 12.1 Å². The van der Waals surface area contributed by atoms with Crippen LogP contribution in [0.3, 0.4) is 0 Å². The van der Waals surface area contributed by atoms with E-state index >= 15 is 0 Å². The third-order valence-electron chi connectivity index (χ3n) is 5.39. The lowest BCUT2D eigenvalue weighted by Gasteiger charge is -2.15. The fourth-order valence-corrected chi connectivity index (χ4v) is 3.54. The summed E-state index contributed by atoms with van der Waals surface area (Å²) >= 11 is 0. The molecule has 0 aliphatic heterocycles. The van der Waals surface area contributed by atoms with Crippen LogP contribution in [-0.4, -0.2) is 42.2 Å². The first-order valence-corrected chi connectivity index (χ1v) is 10.4. The maximum absolute atomic E-state index is 12.7. The summed E-state index contributed by atoms with van der Waals surface area (Å²) in [5, 5.41) is 3.95.